The molecule has 0 saturated carbocycles. The second-order valence-corrected chi connectivity index (χ2v) is 5.88. The van der Waals surface area contributed by atoms with Gasteiger partial charge in [-0.25, -0.2) is 0 Å². The van der Waals surface area contributed by atoms with Gasteiger partial charge in [0.05, 0.1) is 6.61 Å². The lowest BCUT2D eigenvalue weighted by atomic mass is 9.84. The van der Waals surface area contributed by atoms with Crippen LogP contribution in [0, 0.1) is 5.41 Å². The van der Waals surface area contributed by atoms with E-state index in [0.29, 0.717) is 12.0 Å². The molecule has 1 aliphatic heterocycles. The maximum atomic E-state index is 5.43. The molecule has 0 radical (unpaired) electrons. The SMILES string of the molecule is COCC(C)NC(=S)N1CCCC(C)(C)C1. The fourth-order valence-electron chi connectivity index (χ4n) is 2.19. The van der Waals surface area contributed by atoms with Crippen LogP contribution in [-0.4, -0.2) is 42.9 Å². The van der Waals surface area contributed by atoms with E-state index in [0.717, 1.165) is 18.2 Å². The molecule has 3 nitrogen and oxygen atoms in total. The molecule has 0 aliphatic carbocycles. The molecular formula is C12H24N2OS. The molecule has 1 rings (SSSR count). The Labute approximate surface area is 105 Å². The van der Waals surface area contributed by atoms with E-state index in [1.165, 1.54) is 12.8 Å². The monoisotopic (exact) mass is 244 g/mol. The van der Waals surface area contributed by atoms with Gasteiger partial charge in [0.1, 0.15) is 0 Å². The number of hydrogen-bond donors (Lipinski definition) is 1. The number of ether oxygens (including phenoxy) is 1. The first-order valence-corrected chi connectivity index (χ1v) is 6.40. The molecule has 1 atom stereocenters. The van der Waals surface area contributed by atoms with Crippen LogP contribution in [-0.2, 0) is 4.74 Å². The van der Waals surface area contributed by atoms with Gasteiger partial charge in [0.15, 0.2) is 5.11 Å². The van der Waals surface area contributed by atoms with Crippen LogP contribution < -0.4 is 5.32 Å². The van der Waals surface area contributed by atoms with Gasteiger partial charge >= 0.3 is 0 Å². The molecule has 0 spiro atoms. The van der Waals surface area contributed by atoms with Gasteiger partial charge in [0.2, 0.25) is 0 Å². The molecule has 0 aromatic carbocycles. The number of methoxy groups -OCH3 is 1. The average molecular weight is 244 g/mol. The highest BCUT2D eigenvalue weighted by Gasteiger charge is 2.27. The molecule has 1 saturated heterocycles. The summed E-state index contributed by atoms with van der Waals surface area (Å²) < 4.78 is 5.09. The Morgan fingerprint density at radius 2 is 2.25 bits per heavy atom. The van der Waals surface area contributed by atoms with E-state index >= 15 is 0 Å². The molecule has 0 aromatic rings. The Morgan fingerprint density at radius 1 is 1.56 bits per heavy atom. The van der Waals surface area contributed by atoms with Crippen LogP contribution in [0.2, 0.25) is 0 Å². The quantitative estimate of drug-likeness (QED) is 0.768. The maximum absolute atomic E-state index is 5.43. The van der Waals surface area contributed by atoms with Crippen LogP contribution in [0.4, 0.5) is 0 Å². The molecule has 0 amide bonds. The van der Waals surface area contributed by atoms with Crippen molar-refractivity contribution in [1.82, 2.24) is 10.2 Å². The van der Waals surface area contributed by atoms with Gasteiger partial charge in [-0.15, -0.1) is 0 Å². The van der Waals surface area contributed by atoms with E-state index in [4.69, 9.17) is 17.0 Å². The first-order chi connectivity index (χ1) is 7.44. The number of piperidine rings is 1. The van der Waals surface area contributed by atoms with Crippen molar-refractivity contribution in [3.63, 3.8) is 0 Å². The van der Waals surface area contributed by atoms with Crippen molar-refractivity contribution in [2.75, 3.05) is 26.8 Å². The summed E-state index contributed by atoms with van der Waals surface area (Å²) in [5.74, 6) is 0. The smallest absolute Gasteiger partial charge is 0.169 e. The zero-order chi connectivity index (χ0) is 12.2. The third-order valence-corrected chi connectivity index (χ3v) is 3.35. The maximum Gasteiger partial charge on any atom is 0.169 e. The predicted octanol–water partition coefficient (Wildman–Crippen LogP) is 2.02. The third-order valence-electron chi connectivity index (χ3n) is 2.97. The fraction of sp³-hybridized carbons (Fsp3) is 0.917. The lowest BCUT2D eigenvalue weighted by molar-refractivity contribution is 0.164. The number of hydrogen-bond acceptors (Lipinski definition) is 2. The van der Waals surface area contributed by atoms with Crippen LogP contribution in [0.3, 0.4) is 0 Å². The lowest BCUT2D eigenvalue weighted by Gasteiger charge is -2.40. The van der Waals surface area contributed by atoms with E-state index in [1.807, 2.05) is 0 Å². The number of nitrogens with one attached hydrogen (secondary N) is 1. The minimum Gasteiger partial charge on any atom is -0.383 e. The summed E-state index contributed by atoms with van der Waals surface area (Å²) in [6.45, 7) is 9.52. The Balaban J connectivity index is 2.41. The summed E-state index contributed by atoms with van der Waals surface area (Å²) in [4.78, 5) is 2.28. The minimum atomic E-state index is 0.280. The van der Waals surface area contributed by atoms with Crippen molar-refractivity contribution in [1.29, 1.82) is 0 Å². The summed E-state index contributed by atoms with van der Waals surface area (Å²) in [6, 6.07) is 0.280. The second-order valence-electron chi connectivity index (χ2n) is 5.50. The van der Waals surface area contributed by atoms with Gasteiger partial charge in [0, 0.05) is 26.2 Å². The predicted molar refractivity (Wildman–Crippen MR) is 71.7 cm³/mol. The van der Waals surface area contributed by atoms with Crippen molar-refractivity contribution < 1.29 is 4.74 Å². The summed E-state index contributed by atoms with van der Waals surface area (Å²) in [7, 11) is 1.71. The molecule has 0 bridgehead atoms. The first kappa shape index (κ1) is 13.7. The van der Waals surface area contributed by atoms with Gasteiger partial charge in [0.25, 0.3) is 0 Å². The molecule has 1 heterocycles. The summed E-state index contributed by atoms with van der Waals surface area (Å²) >= 11 is 5.43. The Hall–Kier alpha value is -0.350. The van der Waals surface area contributed by atoms with Crippen molar-refractivity contribution in [2.24, 2.45) is 5.41 Å². The molecule has 0 aromatic heterocycles. The fourth-order valence-corrected chi connectivity index (χ4v) is 2.55. The van der Waals surface area contributed by atoms with Gasteiger partial charge in [-0.05, 0) is 37.4 Å². The molecule has 94 valence electrons. The van der Waals surface area contributed by atoms with Crippen LogP contribution in [0.1, 0.15) is 33.6 Å². The lowest BCUT2D eigenvalue weighted by Crippen LogP contribution is -2.50. The van der Waals surface area contributed by atoms with E-state index < -0.39 is 0 Å². The second kappa shape index (κ2) is 5.82. The van der Waals surface area contributed by atoms with Crippen molar-refractivity contribution >= 4 is 17.3 Å². The van der Waals surface area contributed by atoms with Crippen molar-refractivity contribution in [3.8, 4) is 0 Å². The van der Waals surface area contributed by atoms with E-state index in [-0.39, 0.29) is 6.04 Å². The van der Waals surface area contributed by atoms with Crippen molar-refractivity contribution in [2.45, 2.75) is 39.7 Å². The van der Waals surface area contributed by atoms with Gasteiger partial charge in [-0.1, -0.05) is 13.8 Å². The number of likely N-dealkylation sites (tertiary alicyclic amines) is 1. The highest BCUT2D eigenvalue weighted by Crippen LogP contribution is 2.28. The highest BCUT2D eigenvalue weighted by molar-refractivity contribution is 7.80. The summed E-state index contributed by atoms with van der Waals surface area (Å²) in [5.41, 5.74) is 0.383. The molecule has 1 N–H and O–H groups in total. The summed E-state index contributed by atoms with van der Waals surface area (Å²) in [6.07, 6.45) is 2.52. The van der Waals surface area contributed by atoms with E-state index in [1.54, 1.807) is 7.11 Å². The van der Waals surface area contributed by atoms with Crippen LogP contribution in [0.15, 0.2) is 0 Å². The largest absolute Gasteiger partial charge is 0.383 e. The summed E-state index contributed by atoms with van der Waals surface area (Å²) in [5, 5.41) is 4.19. The Kier molecular flexibility index (Phi) is 4.99. The minimum absolute atomic E-state index is 0.280. The third kappa shape index (κ3) is 4.26. The van der Waals surface area contributed by atoms with E-state index in [2.05, 4.69) is 31.0 Å². The number of nitrogens with zero attached hydrogens (tertiary/aromatic N) is 1. The standard InChI is InChI=1S/C12H24N2OS/c1-10(8-15-4)13-11(16)14-7-5-6-12(2,3)9-14/h10H,5-9H2,1-4H3,(H,13,16). The van der Waals surface area contributed by atoms with Gasteiger partial charge in [-0.3, -0.25) is 0 Å². The van der Waals surface area contributed by atoms with Crippen LogP contribution in [0.25, 0.3) is 0 Å². The molecule has 4 heteroatoms. The van der Waals surface area contributed by atoms with Gasteiger partial charge < -0.3 is 15.0 Å². The Bertz CT molecular complexity index is 243. The molecule has 16 heavy (non-hydrogen) atoms. The van der Waals surface area contributed by atoms with Gasteiger partial charge in [-0.2, -0.15) is 0 Å². The normalized spacial score (nSPS) is 21.6. The number of thiocarbonyl (C=S) groups is 1. The first-order valence-electron chi connectivity index (χ1n) is 5.99. The zero-order valence-corrected chi connectivity index (χ0v) is 11.7. The van der Waals surface area contributed by atoms with Crippen LogP contribution >= 0.6 is 12.2 Å². The van der Waals surface area contributed by atoms with Crippen molar-refractivity contribution in [3.05, 3.63) is 0 Å². The molecule has 1 unspecified atom stereocenters. The van der Waals surface area contributed by atoms with E-state index in [9.17, 15) is 0 Å². The Morgan fingerprint density at radius 3 is 2.81 bits per heavy atom. The molecule has 1 aliphatic rings. The molecule has 1 fully saturated rings. The molecular weight excluding hydrogens is 220 g/mol. The van der Waals surface area contributed by atoms with Crippen LogP contribution in [0.5, 0.6) is 0 Å². The number of rotatable bonds is 3. The topological polar surface area (TPSA) is 24.5 Å². The zero-order valence-electron chi connectivity index (χ0n) is 10.9. The highest BCUT2D eigenvalue weighted by atomic mass is 32.1. The average Bonchev–Trinajstić information content (AvgIpc) is 2.16.